The van der Waals surface area contributed by atoms with Crippen molar-refractivity contribution >= 4 is 5.97 Å². The number of ether oxygens (including phenoxy) is 1. The van der Waals surface area contributed by atoms with Crippen molar-refractivity contribution in [3.63, 3.8) is 0 Å². The maximum atomic E-state index is 11.2. The van der Waals surface area contributed by atoms with Crippen LogP contribution in [0.15, 0.2) is 30.3 Å². The van der Waals surface area contributed by atoms with Gasteiger partial charge >= 0.3 is 5.97 Å². The second-order valence-corrected chi connectivity index (χ2v) is 4.30. The lowest BCUT2D eigenvalue weighted by Gasteiger charge is -2.15. The van der Waals surface area contributed by atoms with Crippen molar-refractivity contribution in [2.24, 2.45) is 0 Å². The molecule has 0 aliphatic heterocycles. The molecule has 0 unspecified atom stereocenters. The summed E-state index contributed by atoms with van der Waals surface area (Å²) >= 11 is 0. The van der Waals surface area contributed by atoms with Gasteiger partial charge in [-0.05, 0) is 31.4 Å². The van der Waals surface area contributed by atoms with Crippen LogP contribution < -0.4 is 5.32 Å². The highest BCUT2D eigenvalue weighted by Crippen LogP contribution is 2.17. The summed E-state index contributed by atoms with van der Waals surface area (Å²) in [6.45, 7) is 4.82. The lowest BCUT2D eigenvalue weighted by Crippen LogP contribution is -2.35. The zero-order valence-corrected chi connectivity index (χ0v) is 10.8. The number of hydrogen-bond acceptors (Lipinski definition) is 3. The first-order valence-corrected chi connectivity index (χ1v) is 6.01. The molecule has 3 nitrogen and oxygen atoms in total. The Hall–Kier alpha value is -1.35. The van der Waals surface area contributed by atoms with Crippen molar-refractivity contribution in [3.8, 4) is 0 Å². The van der Waals surface area contributed by atoms with Gasteiger partial charge in [0.25, 0.3) is 0 Å². The maximum absolute atomic E-state index is 11.2. The number of rotatable bonds is 6. The molecule has 0 aliphatic rings. The molecule has 94 valence electrons. The van der Waals surface area contributed by atoms with Crippen molar-refractivity contribution in [2.75, 3.05) is 13.7 Å². The fourth-order valence-corrected chi connectivity index (χ4v) is 1.72. The molecule has 0 fully saturated rings. The fourth-order valence-electron chi connectivity index (χ4n) is 1.72. The molecule has 0 bridgehead atoms. The quantitative estimate of drug-likeness (QED) is 0.769. The van der Waals surface area contributed by atoms with Crippen LogP contribution in [0, 0.1) is 0 Å². The van der Waals surface area contributed by atoms with E-state index in [0.29, 0.717) is 5.92 Å². The first-order chi connectivity index (χ1) is 8.15. The van der Waals surface area contributed by atoms with Crippen LogP contribution in [0.3, 0.4) is 0 Å². The number of esters is 1. The number of carbonyl (C=O) groups excluding carboxylic acids is 1. The highest BCUT2D eigenvalue weighted by Gasteiger charge is 2.12. The lowest BCUT2D eigenvalue weighted by atomic mass is 9.98. The average Bonchev–Trinajstić information content (AvgIpc) is 2.38. The van der Waals surface area contributed by atoms with Crippen LogP contribution >= 0.6 is 0 Å². The Morgan fingerprint density at radius 2 is 1.94 bits per heavy atom. The van der Waals surface area contributed by atoms with E-state index in [0.717, 1.165) is 13.0 Å². The van der Waals surface area contributed by atoms with Gasteiger partial charge in [-0.25, -0.2) is 0 Å². The molecule has 3 heteroatoms. The molecule has 0 saturated carbocycles. The molecule has 1 aromatic rings. The van der Waals surface area contributed by atoms with Crippen LogP contribution in [0.5, 0.6) is 0 Å². The number of nitrogens with one attached hydrogen (secondary N) is 1. The molecule has 0 aromatic heterocycles. The van der Waals surface area contributed by atoms with Gasteiger partial charge in [0.05, 0.1) is 7.11 Å². The van der Waals surface area contributed by atoms with Crippen LogP contribution in [-0.2, 0) is 9.53 Å². The highest BCUT2D eigenvalue weighted by molar-refractivity contribution is 5.75. The van der Waals surface area contributed by atoms with Gasteiger partial charge in [0.1, 0.15) is 6.04 Å². The first-order valence-electron chi connectivity index (χ1n) is 6.01. The van der Waals surface area contributed by atoms with Crippen LogP contribution in [0.4, 0.5) is 0 Å². The van der Waals surface area contributed by atoms with Gasteiger partial charge in [0, 0.05) is 0 Å². The van der Waals surface area contributed by atoms with Crippen LogP contribution in [0.25, 0.3) is 0 Å². The molecule has 0 spiro atoms. The summed E-state index contributed by atoms with van der Waals surface area (Å²) in [5, 5.41) is 3.16. The number of benzene rings is 1. The Morgan fingerprint density at radius 1 is 1.29 bits per heavy atom. The Kier molecular flexibility index (Phi) is 5.70. The fraction of sp³-hybridized carbons (Fsp3) is 0.500. The third-order valence-corrected chi connectivity index (χ3v) is 2.95. The molecule has 17 heavy (non-hydrogen) atoms. The van der Waals surface area contributed by atoms with Crippen molar-refractivity contribution < 1.29 is 9.53 Å². The average molecular weight is 235 g/mol. The minimum Gasteiger partial charge on any atom is -0.468 e. The van der Waals surface area contributed by atoms with Crippen molar-refractivity contribution in [3.05, 3.63) is 35.9 Å². The number of hydrogen-bond donors (Lipinski definition) is 1. The van der Waals surface area contributed by atoms with Crippen molar-refractivity contribution in [1.29, 1.82) is 0 Å². The monoisotopic (exact) mass is 235 g/mol. The van der Waals surface area contributed by atoms with Gasteiger partial charge in [-0.3, -0.25) is 4.79 Å². The molecular formula is C14H21NO2. The Labute approximate surface area is 103 Å². The van der Waals surface area contributed by atoms with Crippen LogP contribution in [0.2, 0.25) is 0 Å². The highest BCUT2D eigenvalue weighted by atomic mass is 16.5. The first kappa shape index (κ1) is 13.7. The van der Waals surface area contributed by atoms with Crippen LogP contribution in [0.1, 0.15) is 31.7 Å². The van der Waals surface area contributed by atoms with E-state index >= 15 is 0 Å². The van der Waals surface area contributed by atoms with E-state index < -0.39 is 0 Å². The summed E-state index contributed by atoms with van der Waals surface area (Å²) in [7, 11) is 1.41. The van der Waals surface area contributed by atoms with Crippen LogP contribution in [-0.4, -0.2) is 25.7 Å². The minimum absolute atomic E-state index is 0.211. The van der Waals surface area contributed by atoms with Gasteiger partial charge in [-0.2, -0.15) is 0 Å². The van der Waals surface area contributed by atoms with Crippen molar-refractivity contribution in [1.82, 2.24) is 5.32 Å². The summed E-state index contributed by atoms with van der Waals surface area (Å²) in [6, 6.07) is 10.2. The van der Waals surface area contributed by atoms with Gasteiger partial charge in [0.15, 0.2) is 0 Å². The van der Waals surface area contributed by atoms with E-state index in [9.17, 15) is 4.79 Å². The Balaban J connectivity index is 2.30. The van der Waals surface area contributed by atoms with Gasteiger partial charge in [0.2, 0.25) is 0 Å². The van der Waals surface area contributed by atoms with Gasteiger partial charge in [-0.1, -0.05) is 37.3 Å². The second-order valence-electron chi connectivity index (χ2n) is 4.30. The third-order valence-electron chi connectivity index (χ3n) is 2.95. The largest absolute Gasteiger partial charge is 0.468 e. The SMILES string of the molecule is COC(=O)[C@@H](C)NCC[C@H](C)c1ccccc1. The van der Waals surface area contributed by atoms with Crippen molar-refractivity contribution in [2.45, 2.75) is 32.2 Å². The smallest absolute Gasteiger partial charge is 0.322 e. The van der Waals surface area contributed by atoms with E-state index in [-0.39, 0.29) is 12.0 Å². The van der Waals surface area contributed by atoms with E-state index in [1.54, 1.807) is 0 Å². The lowest BCUT2D eigenvalue weighted by molar-refractivity contribution is -0.142. The summed E-state index contributed by atoms with van der Waals surface area (Å²) in [6.07, 6.45) is 1.01. The summed E-state index contributed by atoms with van der Waals surface area (Å²) < 4.78 is 4.65. The maximum Gasteiger partial charge on any atom is 0.322 e. The zero-order chi connectivity index (χ0) is 12.7. The number of methoxy groups -OCH3 is 1. The summed E-state index contributed by atoms with van der Waals surface area (Å²) in [5.74, 6) is 0.283. The number of carbonyl (C=O) groups is 1. The Morgan fingerprint density at radius 3 is 2.53 bits per heavy atom. The van der Waals surface area contributed by atoms with E-state index in [1.165, 1.54) is 12.7 Å². The molecule has 0 heterocycles. The van der Waals surface area contributed by atoms with Gasteiger partial charge in [-0.15, -0.1) is 0 Å². The third kappa shape index (κ3) is 4.57. The Bertz CT molecular complexity index is 337. The summed E-state index contributed by atoms with van der Waals surface area (Å²) in [5.41, 5.74) is 1.33. The topological polar surface area (TPSA) is 38.3 Å². The minimum atomic E-state index is -0.233. The molecule has 1 aromatic carbocycles. The molecule has 0 aliphatic carbocycles. The molecule has 0 saturated heterocycles. The normalized spacial score (nSPS) is 14.1. The molecule has 2 atom stereocenters. The molecule has 0 amide bonds. The van der Waals surface area contributed by atoms with E-state index in [4.69, 9.17) is 0 Å². The molecule has 1 rings (SSSR count). The zero-order valence-electron chi connectivity index (χ0n) is 10.8. The predicted molar refractivity (Wildman–Crippen MR) is 69.0 cm³/mol. The predicted octanol–water partition coefficient (Wildman–Crippen LogP) is 2.33. The molecule has 1 N–H and O–H groups in total. The van der Waals surface area contributed by atoms with E-state index in [1.807, 2.05) is 13.0 Å². The van der Waals surface area contributed by atoms with E-state index in [2.05, 4.69) is 41.2 Å². The standard InChI is InChI=1S/C14H21NO2/c1-11(13-7-5-4-6-8-13)9-10-15-12(2)14(16)17-3/h4-8,11-12,15H,9-10H2,1-3H3/t11-,12+/m0/s1. The molecular weight excluding hydrogens is 214 g/mol. The second kappa shape index (κ2) is 7.07. The summed E-state index contributed by atoms with van der Waals surface area (Å²) in [4.78, 5) is 11.2. The van der Waals surface area contributed by atoms with Gasteiger partial charge < -0.3 is 10.1 Å². The molecule has 0 radical (unpaired) electrons.